The first-order valence-electron chi connectivity index (χ1n) is 5.58. The van der Waals surface area contributed by atoms with Crippen molar-refractivity contribution in [3.63, 3.8) is 0 Å². The molecule has 17 heavy (non-hydrogen) atoms. The Kier molecular flexibility index (Phi) is 4.14. The zero-order chi connectivity index (χ0) is 13.1. The first kappa shape index (κ1) is 14.0. The van der Waals surface area contributed by atoms with E-state index in [1.807, 2.05) is 0 Å². The Morgan fingerprint density at radius 2 is 1.94 bits per heavy atom. The fourth-order valence-corrected chi connectivity index (χ4v) is 1.85. The Morgan fingerprint density at radius 3 is 2.35 bits per heavy atom. The normalized spacial score (nSPS) is 12.5. The van der Waals surface area contributed by atoms with Gasteiger partial charge in [0.1, 0.15) is 0 Å². The van der Waals surface area contributed by atoms with Crippen LogP contribution in [-0.2, 0) is 9.84 Å². The molecule has 0 saturated carbocycles. The van der Waals surface area contributed by atoms with E-state index >= 15 is 0 Å². The zero-order valence-corrected chi connectivity index (χ0v) is 11.6. The van der Waals surface area contributed by atoms with Crippen LogP contribution in [-0.4, -0.2) is 26.2 Å². The van der Waals surface area contributed by atoms with Gasteiger partial charge in [-0.05, 0) is 24.0 Å². The van der Waals surface area contributed by atoms with Crippen LogP contribution in [0.3, 0.4) is 0 Å². The maximum atomic E-state index is 11.2. The van der Waals surface area contributed by atoms with E-state index in [1.165, 1.54) is 6.07 Å². The Hall–Kier alpha value is -1.10. The van der Waals surface area contributed by atoms with Gasteiger partial charge < -0.3 is 5.32 Å². The minimum Gasteiger partial charge on any atom is -0.384 e. The highest BCUT2D eigenvalue weighted by molar-refractivity contribution is 7.90. The van der Waals surface area contributed by atoms with Gasteiger partial charge in [-0.2, -0.15) is 0 Å². The Labute approximate surface area is 103 Å². The van der Waals surface area contributed by atoms with Crippen molar-refractivity contribution in [2.75, 3.05) is 18.1 Å². The van der Waals surface area contributed by atoms with E-state index < -0.39 is 9.84 Å². The smallest absolute Gasteiger partial charge is 0.192 e. The molecule has 0 aromatic carbocycles. The average Bonchev–Trinajstić information content (AvgIpc) is 2.15. The summed E-state index contributed by atoms with van der Waals surface area (Å²) in [6, 6.07) is 3.26. The number of aromatic nitrogens is 1. The minimum atomic E-state index is -3.20. The largest absolute Gasteiger partial charge is 0.384 e. The van der Waals surface area contributed by atoms with Crippen molar-refractivity contribution in [2.45, 2.75) is 32.2 Å². The van der Waals surface area contributed by atoms with Gasteiger partial charge >= 0.3 is 0 Å². The molecule has 0 bridgehead atoms. The topological polar surface area (TPSA) is 59.1 Å². The highest BCUT2D eigenvalue weighted by Gasteiger charge is 2.10. The van der Waals surface area contributed by atoms with Crippen molar-refractivity contribution in [3.05, 3.63) is 18.3 Å². The number of anilines is 1. The monoisotopic (exact) mass is 256 g/mol. The number of nitrogens with one attached hydrogen (secondary N) is 1. The Morgan fingerprint density at radius 1 is 1.29 bits per heavy atom. The van der Waals surface area contributed by atoms with Crippen LogP contribution >= 0.6 is 0 Å². The van der Waals surface area contributed by atoms with Gasteiger partial charge in [-0.25, -0.2) is 13.4 Å². The van der Waals surface area contributed by atoms with Crippen molar-refractivity contribution in [2.24, 2.45) is 5.41 Å². The van der Waals surface area contributed by atoms with Gasteiger partial charge in [-0.15, -0.1) is 0 Å². The fourth-order valence-electron chi connectivity index (χ4n) is 1.29. The molecule has 0 amide bonds. The third kappa shape index (κ3) is 5.17. The van der Waals surface area contributed by atoms with E-state index in [0.717, 1.165) is 24.9 Å². The van der Waals surface area contributed by atoms with Crippen LogP contribution in [0.2, 0.25) is 0 Å². The average molecular weight is 256 g/mol. The second-order valence-corrected chi connectivity index (χ2v) is 7.36. The van der Waals surface area contributed by atoms with Crippen LogP contribution in [0.1, 0.15) is 27.2 Å². The lowest BCUT2D eigenvalue weighted by molar-refractivity contribution is 0.390. The summed E-state index contributed by atoms with van der Waals surface area (Å²) in [4.78, 5) is 3.91. The summed E-state index contributed by atoms with van der Waals surface area (Å²) in [5, 5.41) is 3.33. The summed E-state index contributed by atoms with van der Waals surface area (Å²) in [5.41, 5.74) is 1.13. The van der Waals surface area contributed by atoms with Gasteiger partial charge in [0.2, 0.25) is 0 Å². The molecule has 0 unspecified atom stereocenters. The molecule has 5 heteroatoms. The summed E-state index contributed by atoms with van der Waals surface area (Å²) >= 11 is 0. The molecule has 0 fully saturated rings. The lowest BCUT2D eigenvalue weighted by Gasteiger charge is -2.18. The molecule has 1 rings (SSSR count). The van der Waals surface area contributed by atoms with E-state index in [9.17, 15) is 8.42 Å². The van der Waals surface area contributed by atoms with E-state index in [2.05, 4.69) is 31.1 Å². The molecule has 4 nitrogen and oxygen atoms in total. The Balaban J connectivity index is 2.58. The van der Waals surface area contributed by atoms with E-state index in [-0.39, 0.29) is 10.4 Å². The summed E-state index contributed by atoms with van der Waals surface area (Å²) in [6.07, 6.45) is 3.75. The maximum Gasteiger partial charge on any atom is 0.192 e. The van der Waals surface area contributed by atoms with Gasteiger partial charge in [-0.3, -0.25) is 0 Å². The molecule has 0 spiro atoms. The second kappa shape index (κ2) is 5.04. The number of hydrogen-bond donors (Lipinski definition) is 1. The van der Waals surface area contributed by atoms with E-state index in [1.54, 1.807) is 12.3 Å². The molecule has 1 aromatic heterocycles. The summed E-state index contributed by atoms with van der Waals surface area (Å²) in [6.45, 7) is 7.39. The van der Waals surface area contributed by atoms with Crippen molar-refractivity contribution in [1.29, 1.82) is 0 Å². The summed E-state index contributed by atoms with van der Waals surface area (Å²) in [7, 11) is -3.20. The fraction of sp³-hybridized carbons (Fsp3) is 0.583. The number of pyridine rings is 1. The lowest BCUT2D eigenvalue weighted by atomic mass is 9.92. The molecule has 1 aromatic rings. The molecule has 0 saturated heterocycles. The van der Waals surface area contributed by atoms with Gasteiger partial charge in [0.05, 0.1) is 11.9 Å². The van der Waals surface area contributed by atoms with Crippen molar-refractivity contribution in [1.82, 2.24) is 4.98 Å². The van der Waals surface area contributed by atoms with Gasteiger partial charge in [0.25, 0.3) is 0 Å². The SMILES string of the molecule is CC(C)(C)CCNc1ccc(S(C)(=O)=O)nc1. The number of hydrogen-bond acceptors (Lipinski definition) is 4. The molecule has 0 aliphatic carbocycles. The van der Waals surface area contributed by atoms with E-state index in [4.69, 9.17) is 0 Å². The maximum absolute atomic E-state index is 11.2. The molecule has 0 atom stereocenters. The summed E-state index contributed by atoms with van der Waals surface area (Å²) < 4.78 is 22.4. The van der Waals surface area contributed by atoms with Gasteiger partial charge in [0.15, 0.2) is 14.9 Å². The quantitative estimate of drug-likeness (QED) is 0.898. The highest BCUT2D eigenvalue weighted by atomic mass is 32.2. The van der Waals surface area contributed by atoms with Crippen LogP contribution in [0.4, 0.5) is 5.69 Å². The molecule has 0 radical (unpaired) electrons. The predicted molar refractivity (Wildman–Crippen MR) is 69.9 cm³/mol. The van der Waals surface area contributed by atoms with Crippen LogP contribution in [0.15, 0.2) is 23.4 Å². The van der Waals surface area contributed by atoms with E-state index in [0.29, 0.717) is 0 Å². The third-order valence-electron chi connectivity index (χ3n) is 2.32. The van der Waals surface area contributed by atoms with Crippen molar-refractivity contribution < 1.29 is 8.42 Å². The van der Waals surface area contributed by atoms with Crippen LogP contribution in [0.25, 0.3) is 0 Å². The van der Waals surface area contributed by atoms with Crippen molar-refractivity contribution >= 4 is 15.5 Å². The first-order valence-corrected chi connectivity index (χ1v) is 7.48. The standard InChI is InChI=1S/C12H20N2O2S/c1-12(2,3)7-8-13-10-5-6-11(14-9-10)17(4,15)16/h5-6,9,13H,7-8H2,1-4H3. The molecular formula is C12H20N2O2S. The number of sulfone groups is 1. The van der Waals surface area contributed by atoms with Crippen LogP contribution in [0.5, 0.6) is 0 Å². The molecule has 1 N–H and O–H groups in total. The molecule has 1 heterocycles. The van der Waals surface area contributed by atoms with Crippen LogP contribution in [0, 0.1) is 5.41 Å². The molecule has 96 valence electrons. The molecule has 0 aliphatic heterocycles. The van der Waals surface area contributed by atoms with Gasteiger partial charge in [-0.1, -0.05) is 20.8 Å². The van der Waals surface area contributed by atoms with Crippen molar-refractivity contribution in [3.8, 4) is 0 Å². The predicted octanol–water partition coefficient (Wildman–Crippen LogP) is 2.33. The first-order chi connectivity index (χ1) is 7.68. The minimum absolute atomic E-state index is 0.110. The number of rotatable bonds is 4. The van der Waals surface area contributed by atoms with Crippen LogP contribution < -0.4 is 5.32 Å². The second-order valence-electron chi connectivity index (χ2n) is 5.39. The van der Waals surface area contributed by atoms with Gasteiger partial charge in [0, 0.05) is 12.8 Å². The highest BCUT2D eigenvalue weighted by Crippen LogP contribution is 2.18. The molecule has 0 aliphatic rings. The third-order valence-corrected chi connectivity index (χ3v) is 3.32. The lowest BCUT2D eigenvalue weighted by Crippen LogP contribution is -2.13. The Bertz CT molecular complexity index is 458. The molecular weight excluding hydrogens is 236 g/mol. The number of nitrogens with zero attached hydrogens (tertiary/aromatic N) is 1. The zero-order valence-electron chi connectivity index (χ0n) is 10.8. The summed E-state index contributed by atoms with van der Waals surface area (Å²) in [5.74, 6) is 0.